The second-order valence-electron chi connectivity index (χ2n) is 4.39. The molecule has 2 heterocycles. The number of nitrogens with zero attached hydrogens (tertiary/aromatic N) is 2. The standard InChI is InChI=1S/C13H14N2O5S/c1-4-7-14-11-9(12(18)15(7)5-8(16)17)6(2)10(21-11)13(19)20-3/h4-5H2,1-3H3,(H,16,17). The zero-order valence-corrected chi connectivity index (χ0v) is 12.6. The van der Waals surface area contributed by atoms with Crippen molar-refractivity contribution in [2.24, 2.45) is 0 Å². The van der Waals surface area contributed by atoms with Crippen molar-refractivity contribution < 1.29 is 19.4 Å². The summed E-state index contributed by atoms with van der Waals surface area (Å²) in [5.74, 6) is -1.26. The Morgan fingerprint density at radius 3 is 2.62 bits per heavy atom. The first-order chi connectivity index (χ1) is 9.90. The summed E-state index contributed by atoms with van der Waals surface area (Å²) in [5.41, 5.74) is 0.0318. The van der Waals surface area contributed by atoms with E-state index in [-0.39, 0.29) is 5.39 Å². The highest BCUT2D eigenvalue weighted by molar-refractivity contribution is 7.20. The van der Waals surface area contributed by atoms with Crippen molar-refractivity contribution in [1.29, 1.82) is 0 Å². The molecule has 1 N–H and O–H groups in total. The molecule has 8 heteroatoms. The lowest BCUT2D eigenvalue weighted by molar-refractivity contribution is -0.137. The number of carboxylic acid groups (broad SMARTS) is 1. The lowest BCUT2D eigenvalue weighted by Crippen LogP contribution is -2.28. The van der Waals surface area contributed by atoms with Gasteiger partial charge < -0.3 is 9.84 Å². The summed E-state index contributed by atoms with van der Waals surface area (Å²) in [6, 6.07) is 0. The van der Waals surface area contributed by atoms with E-state index in [1.165, 1.54) is 7.11 Å². The summed E-state index contributed by atoms with van der Waals surface area (Å²) >= 11 is 1.08. The van der Waals surface area contributed by atoms with Gasteiger partial charge in [0.2, 0.25) is 0 Å². The Hall–Kier alpha value is -2.22. The molecule has 0 unspecified atom stereocenters. The molecule has 2 aromatic rings. The van der Waals surface area contributed by atoms with E-state index in [1.807, 2.05) is 0 Å². The summed E-state index contributed by atoms with van der Waals surface area (Å²) in [4.78, 5) is 40.2. The Bertz CT molecular complexity index is 790. The Labute approximate surface area is 123 Å². The number of aromatic nitrogens is 2. The number of aliphatic carboxylic acids is 1. The molecule has 0 fully saturated rings. The largest absolute Gasteiger partial charge is 0.480 e. The molecule has 0 bridgehead atoms. The maximum Gasteiger partial charge on any atom is 0.348 e. The number of methoxy groups -OCH3 is 1. The van der Waals surface area contributed by atoms with Crippen molar-refractivity contribution in [3.05, 3.63) is 26.6 Å². The second-order valence-corrected chi connectivity index (χ2v) is 5.39. The van der Waals surface area contributed by atoms with Crippen molar-refractivity contribution >= 4 is 33.5 Å². The van der Waals surface area contributed by atoms with Gasteiger partial charge in [0.25, 0.3) is 5.56 Å². The molecule has 0 aliphatic rings. The lowest BCUT2D eigenvalue weighted by atomic mass is 10.2. The number of rotatable bonds is 4. The molecule has 0 radical (unpaired) electrons. The summed E-state index contributed by atoms with van der Waals surface area (Å²) in [7, 11) is 1.26. The number of hydrogen-bond donors (Lipinski definition) is 1. The highest BCUT2D eigenvalue weighted by atomic mass is 32.1. The van der Waals surface area contributed by atoms with Gasteiger partial charge >= 0.3 is 11.9 Å². The number of carbonyl (C=O) groups is 2. The Balaban J connectivity index is 2.80. The minimum Gasteiger partial charge on any atom is -0.480 e. The van der Waals surface area contributed by atoms with Crippen molar-refractivity contribution in [3.8, 4) is 0 Å². The zero-order chi connectivity index (χ0) is 15.7. The smallest absolute Gasteiger partial charge is 0.348 e. The van der Waals surface area contributed by atoms with E-state index in [2.05, 4.69) is 9.72 Å². The molecule has 0 spiro atoms. The topological polar surface area (TPSA) is 98.5 Å². The number of fused-ring (bicyclic) bond motifs is 1. The van der Waals surface area contributed by atoms with Gasteiger partial charge in [-0.3, -0.25) is 14.2 Å². The molecular weight excluding hydrogens is 296 g/mol. The minimum atomic E-state index is -1.12. The van der Waals surface area contributed by atoms with Crippen LogP contribution in [0.5, 0.6) is 0 Å². The predicted molar refractivity (Wildman–Crippen MR) is 77.0 cm³/mol. The van der Waals surface area contributed by atoms with Gasteiger partial charge in [-0.05, 0) is 12.5 Å². The fraction of sp³-hybridized carbons (Fsp3) is 0.385. The van der Waals surface area contributed by atoms with Crippen LogP contribution in [0.1, 0.15) is 28.0 Å². The van der Waals surface area contributed by atoms with Crippen LogP contribution in [-0.2, 0) is 22.5 Å². The van der Waals surface area contributed by atoms with Crippen molar-refractivity contribution in [1.82, 2.24) is 9.55 Å². The summed E-state index contributed by atoms with van der Waals surface area (Å²) in [5, 5.41) is 9.20. The average molecular weight is 310 g/mol. The lowest BCUT2D eigenvalue weighted by Gasteiger charge is -2.08. The fourth-order valence-electron chi connectivity index (χ4n) is 2.11. The van der Waals surface area contributed by atoms with Crippen LogP contribution < -0.4 is 5.56 Å². The van der Waals surface area contributed by atoms with Gasteiger partial charge in [0.05, 0.1) is 12.5 Å². The van der Waals surface area contributed by atoms with Crippen LogP contribution in [0.15, 0.2) is 4.79 Å². The van der Waals surface area contributed by atoms with Gasteiger partial charge in [0.1, 0.15) is 22.1 Å². The van der Waals surface area contributed by atoms with Gasteiger partial charge in [-0.2, -0.15) is 0 Å². The fourth-order valence-corrected chi connectivity index (χ4v) is 3.22. The normalized spacial score (nSPS) is 10.8. The molecule has 0 aliphatic heterocycles. The maximum atomic E-state index is 12.5. The van der Waals surface area contributed by atoms with Gasteiger partial charge in [-0.15, -0.1) is 11.3 Å². The molecule has 0 aliphatic carbocycles. The minimum absolute atomic E-state index is 0.277. The molecule has 0 saturated carbocycles. The Morgan fingerprint density at radius 2 is 2.10 bits per heavy atom. The number of carbonyl (C=O) groups excluding carboxylic acids is 1. The monoisotopic (exact) mass is 310 g/mol. The average Bonchev–Trinajstić information content (AvgIpc) is 2.77. The summed E-state index contributed by atoms with van der Waals surface area (Å²) in [6.45, 7) is 2.96. The van der Waals surface area contributed by atoms with E-state index in [9.17, 15) is 14.4 Å². The van der Waals surface area contributed by atoms with Crippen LogP contribution in [-0.4, -0.2) is 33.7 Å². The van der Waals surface area contributed by atoms with Crippen molar-refractivity contribution in [2.45, 2.75) is 26.8 Å². The quantitative estimate of drug-likeness (QED) is 0.852. The first kappa shape index (κ1) is 15.2. The van der Waals surface area contributed by atoms with Crippen LogP contribution in [0, 0.1) is 6.92 Å². The molecule has 0 saturated heterocycles. The van der Waals surface area contributed by atoms with Crippen LogP contribution >= 0.6 is 11.3 Å². The van der Waals surface area contributed by atoms with Crippen LogP contribution in [0.4, 0.5) is 0 Å². The highest BCUT2D eigenvalue weighted by Gasteiger charge is 2.22. The van der Waals surface area contributed by atoms with Crippen molar-refractivity contribution in [3.63, 3.8) is 0 Å². The van der Waals surface area contributed by atoms with E-state index in [0.29, 0.717) is 27.5 Å². The van der Waals surface area contributed by atoms with E-state index in [0.717, 1.165) is 15.9 Å². The molecule has 112 valence electrons. The Morgan fingerprint density at radius 1 is 1.43 bits per heavy atom. The first-order valence-electron chi connectivity index (χ1n) is 6.23. The molecule has 0 amide bonds. The number of thiophene rings is 1. The van der Waals surface area contributed by atoms with Crippen LogP contribution in [0.25, 0.3) is 10.2 Å². The molecule has 2 aromatic heterocycles. The molecule has 2 rings (SSSR count). The first-order valence-corrected chi connectivity index (χ1v) is 7.05. The van der Waals surface area contributed by atoms with E-state index in [4.69, 9.17) is 5.11 Å². The molecule has 0 atom stereocenters. The van der Waals surface area contributed by atoms with Crippen molar-refractivity contribution in [2.75, 3.05) is 7.11 Å². The predicted octanol–water partition coefficient (Wildman–Crippen LogP) is 1.20. The number of hydrogen-bond acceptors (Lipinski definition) is 6. The Kier molecular flexibility index (Phi) is 4.08. The molecule has 7 nitrogen and oxygen atoms in total. The summed E-state index contributed by atoms with van der Waals surface area (Å²) < 4.78 is 5.81. The van der Waals surface area contributed by atoms with Gasteiger partial charge in [-0.25, -0.2) is 9.78 Å². The maximum absolute atomic E-state index is 12.5. The molecular formula is C13H14N2O5S. The third-order valence-electron chi connectivity index (χ3n) is 3.11. The zero-order valence-electron chi connectivity index (χ0n) is 11.8. The second kappa shape index (κ2) is 5.65. The van der Waals surface area contributed by atoms with Gasteiger partial charge in [0, 0.05) is 6.42 Å². The van der Waals surface area contributed by atoms with Gasteiger partial charge in [0.15, 0.2) is 0 Å². The number of aryl methyl sites for hydroxylation is 2. The van der Waals surface area contributed by atoms with Crippen LogP contribution in [0.3, 0.4) is 0 Å². The third kappa shape index (κ3) is 2.54. The van der Waals surface area contributed by atoms with Gasteiger partial charge in [-0.1, -0.05) is 6.92 Å². The molecule has 0 aromatic carbocycles. The summed E-state index contributed by atoms with van der Waals surface area (Å²) in [6.07, 6.45) is 0.420. The SMILES string of the molecule is CCc1nc2sc(C(=O)OC)c(C)c2c(=O)n1CC(=O)O. The number of esters is 1. The number of carboxylic acids is 1. The van der Waals surface area contributed by atoms with E-state index >= 15 is 0 Å². The third-order valence-corrected chi connectivity index (χ3v) is 4.28. The highest BCUT2D eigenvalue weighted by Crippen LogP contribution is 2.28. The van der Waals surface area contributed by atoms with E-state index in [1.54, 1.807) is 13.8 Å². The molecule has 21 heavy (non-hydrogen) atoms. The van der Waals surface area contributed by atoms with E-state index < -0.39 is 24.0 Å². The van der Waals surface area contributed by atoms with Crippen LogP contribution in [0.2, 0.25) is 0 Å². The number of ether oxygens (including phenoxy) is 1.